The quantitative estimate of drug-likeness (QED) is 0.611. The molecule has 0 saturated carbocycles. The van der Waals surface area contributed by atoms with E-state index in [4.69, 9.17) is 9.47 Å². The molecule has 150 valence electrons. The number of methoxy groups -OCH3 is 1. The third-order valence-electron chi connectivity index (χ3n) is 4.36. The number of benzene rings is 1. The molecule has 0 saturated heterocycles. The summed E-state index contributed by atoms with van der Waals surface area (Å²) >= 11 is 0. The third kappa shape index (κ3) is 7.68. The molecule has 0 radical (unpaired) electrons. The predicted molar refractivity (Wildman–Crippen MR) is 102 cm³/mol. The Balaban J connectivity index is 2.71. The van der Waals surface area contributed by atoms with E-state index < -0.39 is 30.1 Å². The van der Waals surface area contributed by atoms with Crippen LogP contribution in [0.4, 0.5) is 4.79 Å². The van der Waals surface area contributed by atoms with Crippen LogP contribution in [0, 0.1) is 5.92 Å². The summed E-state index contributed by atoms with van der Waals surface area (Å²) in [6.07, 6.45) is 1.17. The summed E-state index contributed by atoms with van der Waals surface area (Å²) in [5, 5.41) is 5.30. The molecular formula is C20H30N2O5. The summed E-state index contributed by atoms with van der Waals surface area (Å²) in [6.45, 7) is 5.80. The first-order valence-electron chi connectivity index (χ1n) is 9.28. The zero-order valence-corrected chi connectivity index (χ0v) is 16.5. The molecule has 1 aromatic carbocycles. The second-order valence-corrected chi connectivity index (χ2v) is 6.44. The van der Waals surface area contributed by atoms with Crippen LogP contribution in [0.15, 0.2) is 30.3 Å². The van der Waals surface area contributed by atoms with Crippen molar-refractivity contribution < 1.29 is 23.9 Å². The Morgan fingerprint density at radius 3 is 2.30 bits per heavy atom. The first-order chi connectivity index (χ1) is 12.9. The summed E-state index contributed by atoms with van der Waals surface area (Å²) in [4.78, 5) is 36.6. The number of hydrogen-bond donors (Lipinski definition) is 2. The highest BCUT2D eigenvalue weighted by Gasteiger charge is 2.30. The van der Waals surface area contributed by atoms with Crippen LogP contribution in [0.5, 0.6) is 0 Å². The topological polar surface area (TPSA) is 93.7 Å². The normalized spacial score (nSPS) is 13.8. The van der Waals surface area contributed by atoms with Crippen molar-refractivity contribution in [1.82, 2.24) is 10.6 Å². The molecule has 1 rings (SSSR count). The number of amides is 2. The lowest BCUT2D eigenvalue weighted by Gasteiger charge is -2.25. The number of nitrogens with one attached hydrogen (secondary N) is 2. The number of alkyl carbamates (subject to hydrolysis) is 1. The van der Waals surface area contributed by atoms with Crippen LogP contribution in [0.2, 0.25) is 0 Å². The number of hydrogen-bond acceptors (Lipinski definition) is 5. The molecular weight excluding hydrogens is 348 g/mol. The lowest BCUT2D eigenvalue weighted by Crippen LogP contribution is -2.54. The summed E-state index contributed by atoms with van der Waals surface area (Å²) in [7, 11) is 1.28. The highest BCUT2D eigenvalue weighted by Crippen LogP contribution is 2.10. The summed E-state index contributed by atoms with van der Waals surface area (Å²) < 4.78 is 9.94. The van der Waals surface area contributed by atoms with Gasteiger partial charge in [-0.2, -0.15) is 0 Å². The van der Waals surface area contributed by atoms with Gasteiger partial charge in [-0.3, -0.25) is 4.79 Å². The molecule has 2 amide bonds. The van der Waals surface area contributed by atoms with Gasteiger partial charge in [0.05, 0.1) is 7.11 Å². The maximum absolute atomic E-state index is 12.7. The second-order valence-electron chi connectivity index (χ2n) is 6.44. The van der Waals surface area contributed by atoms with Gasteiger partial charge in [-0.15, -0.1) is 0 Å². The van der Waals surface area contributed by atoms with E-state index in [2.05, 4.69) is 10.6 Å². The van der Waals surface area contributed by atoms with Crippen LogP contribution in [0.1, 0.15) is 45.6 Å². The van der Waals surface area contributed by atoms with Gasteiger partial charge in [0.25, 0.3) is 0 Å². The number of rotatable bonds is 10. The summed E-state index contributed by atoms with van der Waals surface area (Å²) in [5.41, 5.74) is 0.853. The molecule has 2 N–H and O–H groups in total. The van der Waals surface area contributed by atoms with Gasteiger partial charge in [-0.25, -0.2) is 9.59 Å². The Bertz CT molecular complexity index is 606. The number of carbonyl (C=O) groups excluding carboxylic acids is 3. The van der Waals surface area contributed by atoms with Crippen molar-refractivity contribution in [3.8, 4) is 0 Å². The summed E-state index contributed by atoms with van der Waals surface area (Å²) in [5.74, 6) is -1.06. The van der Waals surface area contributed by atoms with E-state index in [9.17, 15) is 14.4 Å². The van der Waals surface area contributed by atoms with Crippen LogP contribution in [0.3, 0.4) is 0 Å². The zero-order chi connectivity index (χ0) is 20.2. The van der Waals surface area contributed by atoms with Gasteiger partial charge in [0.1, 0.15) is 18.7 Å². The third-order valence-corrected chi connectivity index (χ3v) is 4.36. The Morgan fingerprint density at radius 1 is 1.07 bits per heavy atom. The van der Waals surface area contributed by atoms with Gasteiger partial charge in [-0.05, 0) is 17.9 Å². The minimum Gasteiger partial charge on any atom is -0.467 e. The Kier molecular flexibility index (Phi) is 9.93. The second kappa shape index (κ2) is 11.9. The van der Waals surface area contributed by atoms with E-state index in [1.54, 1.807) is 0 Å². The standard InChI is InChI=1S/C20H30N2O5/c1-5-10-16(19(24)26-4)21-18(23)17(14(3)6-2)22-20(25)27-13-15-11-8-7-9-12-15/h7-9,11-12,14,16-17H,5-6,10,13H2,1-4H3,(H,21,23)(H,22,25)/t14-,16-,17+/m0/s1. The van der Waals surface area contributed by atoms with Crippen LogP contribution in [0.25, 0.3) is 0 Å². The molecule has 7 heteroatoms. The highest BCUT2D eigenvalue weighted by molar-refractivity contribution is 5.89. The maximum Gasteiger partial charge on any atom is 0.408 e. The van der Waals surface area contributed by atoms with E-state index in [1.165, 1.54) is 7.11 Å². The van der Waals surface area contributed by atoms with Crippen LogP contribution in [-0.4, -0.2) is 37.2 Å². The molecule has 0 bridgehead atoms. The number of esters is 1. The average Bonchev–Trinajstić information content (AvgIpc) is 2.69. The molecule has 0 heterocycles. The van der Waals surface area contributed by atoms with Gasteiger partial charge in [-0.1, -0.05) is 63.9 Å². The smallest absolute Gasteiger partial charge is 0.408 e. The fourth-order valence-electron chi connectivity index (χ4n) is 2.54. The van der Waals surface area contributed by atoms with Crippen molar-refractivity contribution in [2.24, 2.45) is 5.92 Å². The van der Waals surface area contributed by atoms with Gasteiger partial charge in [0.15, 0.2) is 0 Å². The minimum absolute atomic E-state index is 0.113. The molecule has 0 aliphatic carbocycles. The van der Waals surface area contributed by atoms with Crippen molar-refractivity contribution in [2.45, 2.75) is 58.7 Å². The first-order valence-corrected chi connectivity index (χ1v) is 9.28. The minimum atomic E-state index is -0.803. The van der Waals surface area contributed by atoms with Gasteiger partial charge in [0, 0.05) is 0 Å². The Labute approximate surface area is 160 Å². The predicted octanol–water partition coefficient (Wildman–Crippen LogP) is 2.79. The summed E-state index contributed by atoms with van der Waals surface area (Å²) in [6, 6.07) is 7.74. The van der Waals surface area contributed by atoms with E-state index in [-0.39, 0.29) is 12.5 Å². The van der Waals surface area contributed by atoms with Gasteiger partial charge >= 0.3 is 12.1 Å². The van der Waals surface area contributed by atoms with Gasteiger partial charge in [0.2, 0.25) is 5.91 Å². The van der Waals surface area contributed by atoms with Gasteiger partial charge < -0.3 is 20.1 Å². The largest absolute Gasteiger partial charge is 0.467 e. The Morgan fingerprint density at radius 2 is 1.74 bits per heavy atom. The van der Waals surface area contributed by atoms with E-state index in [0.29, 0.717) is 19.3 Å². The lowest BCUT2D eigenvalue weighted by atomic mass is 9.98. The van der Waals surface area contributed by atoms with Crippen molar-refractivity contribution in [3.05, 3.63) is 35.9 Å². The molecule has 27 heavy (non-hydrogen) atoms. The first kappa shape index (κ1) is 22.5. The Hall–Kier alpha value is -2.57. The van der Waals surface area contributed by atoms with Crippen LogP contribution < -0.4 is 10.6 Å². The number of ether oxygens (including phenoxy) is 2. The molecule has 1 aromatic rings. The van der Waals surface area contributed by atoms with Crippen molar-refractivity contribution in [3.63, 3.8) is 0 Å². The SMILES string of the molecule is CCC[C@H](NC(=O)[C@H](NC(=O)OCc1ccccc1)[C@@H](C)CC)C(=O)OC. The van der Waals surface area contributed by atoms with Crippen molar-refractivity contribution in [1.29, 1.82) is 0 Å². The fourth-order valence-corrected chi connectivity index (χ4v) is 2.54. The molecule has 7 nitrogen and oxygen atoms in total. The van der Waals surface area contributed by atoms with Crippen molar-refractivity contribution in [2.75, 3.05) is 7.11 Å². The van der Waals surface area contributed by atoms with Crippen LogP contribution >= 0.6 is 0 Å². The van der Waals surface area contributed by atoms with E-state index >= 15 is 0 Å². The highest BCUT2D eigenvalue weighted by atomic mass is 16.5. The molecule has 0 aromatic heterocycles. The number of carbonyl (C=O) groups is 3. The molecule has 0 fully saturated rings. The molecule has 0 spiro atoms. The monoisotopic (exact) mass is 378 g/mol. The van der Waals surface area contributed by atoms with E-state index in [1.807, 2.05) is 51.1 Å². The lowest BCUT2D eigenvalue weighted by molar-refractivity contribution is -0.145. The fraction of sp³-hybridized carbons (Fsp3) is 0.550. The molecule has 0 aliphatic rings. The van der Waals surface area contributed by atoms with Crippen molar-refractivity contribution >= 4 is 18.0 Å². The molecule has 3 atom stereocenters. The molecule has 0 aliphatic heterocycles. The zero-order valence-electron chi connectivity index (χ0n) is 16.5. The van der Waals surface area contributed by atoms with Crippen LogP contribution in [-0.2, 0) is 25.7 Å². The van der Waals surface area contributed by atoms with E-state index in [0.717, 1.165) is 5.56 Å². The molecule has 0 unspecified atom stereocenters. The average molecular weight is 378 g/mol. The maximum atomic E-state index is 12.7.